The first-order valence-corrected chi connectivity index (χ1v) is 8.21. The molecule has 7 nitrogen and oxygen atoms in total. The minimum atomic E-state index is -0.444. The summed E-state index contributed by atoms with van der Waals surface area (Å²) in [6, 6.07) is 9.27. The SMILES string of the molecule is CON=C1c2cc(F)ccc2-n2c1nc1cc(CNC(C)=O)ccc1c2=O. The predicted octanol–water partition coefficient (Wildman–Crippen LogP) is 1.87. The van der Waals surface area contributed by atoms with Crippen molar-refractivity contribution in [2.45, 2.75) is 13.5 Å². The number of halogens is 1. The number of hydrogen-bond donors (Lipinski definition) is 1. The number of nitrogens with zero attached hydrogens (tertiary/aromatic N) is 3. The summed E-state index contributed by atoms with van der Waals surface area (Å²) in [5.41, 5.74) is 2.22. The average molecular weight is 366 g/mol. The third kappa shape index (κ3) is 2.75. The van der Waals surface area contributed by atoms with Crippen molar-refractivity contribution in [2.75, 3.05) is 7.11 Å². The van der Waals surface area contributed by atoms with E-state index < -0.39 is 5.82 Å². The molecule has 1 aliphatic rings. The number of hydrogen-bond acceptors (Lipinski definition) is 5. The van der Waals surface area contributed by atoms with E-state index in [4.69, 9.17) is 4.84 Å². The Bertz CT molecular complexity index is 1180. The summed E-state index contributed by atoms with van der Waals surface area (Å²) in [5, 5.41) is 7.07. The van der Waals surface area contributed by atoms with Gasteiger partial charge in [-0.05, 0) is 35.9 Å². The van der Waals surface area contributed by atoms with Crippen LogP contribution in [0.15, 0.2) is 46.3 Å². The van der Waals surface area contributed by atoms with Gasteiger partial charge in [0.2, 0.25) is 5.91 Å². The molecule has 0 spiro atoms. The van der Waals surface area contributed by atoms with Crippen LogP contribution < -0.4 is 10.9 Å². The molecule has 2 aromatic carbocycles. The van der Waals surface area contributed by atoms with Crippen LogP contribution in [0.3, 0.4) is 0 Å². The Morgan fingerprint density at radius 1 is 1.30 bits per heavy atom. The Kier molecular flexibility index (Phi) is 3.95. The molecular weight excluding hydrogens is 351 g/mol. The zero-order valence-electron chi connectivity index (χ0n) is 14.6. The predicted molar refractivity (Wildman–Crippen MR) is 97.5 cm³/mol. The molecule has 8 heteroatoms. The van der Waals surface area contributed by atoms with Gasteiger partial charge < -0.3 is 10.2 Å². The van der Waals surface area contributed by atoms with Crippen LogP contribution in [0.5, 0.6) is 0 Å². The summed E-state index contributed by atoms with van der Waals surface area (Å²) in [6.45, 7) is 1.76. The van der Waals surface area contributed by atoms with Gasteiger partial charge in [0.15, 0.2) is 11.5 Å². The molecule has 3 aromatic rings. The van der Waals surface area contributed by atoms with Crippen LogP contribution in [0.2, 0.25) is 0 Å². The van der Waals surface area contributed by atoms with Crippen LogP contribution >= 0.6 is 0 Å². The highest BCUT2D eigenvalue weighted by molar-refractivity contribution is 6.16. The van der Waals surface area contributed by atoms with Gasteiger partial charge in [-0.15, -0.1) is 0 Å². The number of fused-ring (bicyclic) bond motifs is 4. The molecule has 1 amide bonds. The maximum atomic E-state index is 13.7. The number of aromatic nitrogens is 2. The third-order valence-electron chi connectivity index (χ3n) is 4.32. The molecule has 0 unspecified atom stereocenters. The van der Waals surface area contributed by atoms with Gasteiger partial charge in [0.05, 0.1) is 16.6 Å². The van der Waals surface area contributed by atoms with Crippen LogP contribution in [0.25, 0.3) is 16.6 Å². The first-order chi connectivity index (χ1) is 13.0. The van der Waals surface area contributed by atoms with Gasteiger partial charge in [-0.2, -0.15) is 0 Å². The number of oxime groups is 1. The highest BCUT2D eigenvalue weighted by Gasteiger charge is 2.29. The molecular formula is C19H15FN4O3. The van der Waals surface area contributed by atoms with Gasteiger partial charge in [-0.3, -0.25) is 14.2 Å². The van der Waals surface area contributed by atoms with Gasteiger partial charge in [-0.25, -0.2) is 9.37 Å². The second-order valence-electron chi connectivity index (χ2n) is 6.12. The van der Waals surface area contributed by atoms with Gasteiger partial charge in [-0.1, -0.05) is 11.2 Å². The van der Waals surface area contributed by atoms with Gasteiger partial charge >= 0.3 is 0 Å². The van der Waals surface area contributed by atoms with Crippen molar-refractivity contribution in [1.29, 1.82) is 0 Å². The third-order valence-corrected chi connectivity index (χ3v) is 4.32. The number of carbonyl (C=O) groups is 1. The quantitative estimate of drug-likeness (QED) is 0.561. The number of amides is 1. The molecule has 0 saturated heterocycles. The largest absolute Gasteiger partial charge is 0.399 e. The van der Waals surface area contributed by atoms with Crippen LogP contribution in [-0.4, -0.2) is 28.3 Å². The summed E-state index contributed by atoms with van der Waals surface area (Å²) >= 11 is 0. The van der Waals surface area contributed by atoms with E-state index in [9.17, 15) is 14.0 Å². The number of carbonyl (C=O) groups excluding carboxylic acids is 1. The van der Waals surface area contributed by atoms with Crippen molar-refractivity contribution in [3.8, 4) is 5.69 Å². The van der Waals surface area contributed by atoms with Crippen molar-refractivity contribution in [3.05, 3.63) is 69.5 Å². The van der Waals surface area contributed by atoms with Crippen LogP contribution in [0.1, 0.15) is 23.9 Å². The lowest BCUT2D eigenvalue weighted by Crippen LogP contribution is -2.22. The number of nitrogens with one attached hydrogen (secondary N) is 1. The summed E-state index contributed by atoms with van der Waals surface area (Å²) in [7, 11) is 1.37. The molecule has 0 fully saturated rings. The molecule has 27 heavy (non-hydrogen) atoms. The van der Waals surface area contributed by atoms with E-state index in [1.165, 1.54) is 36.8 Å². The van der Waals surface area contributed by atoms with E-state index in [2.05, 4.69) is 15.5 Å². The first-order valence-electron chi connectivity index (χ1n) is 8.21. The normalized spacial score (nSPS) is 13.5. The molecule has 1 N–H and O–H groups in total. The lowest BCUT2D eigenvalue weighted by Gasteiger charge is -2.08. The topological polar surface area (TPSA) is 85.6 Å². The van der Waals surface area contributed by atoms with E-state index >= 15 is 0 Å². The molecule has 0 bridgehead atoms. The molecule has 1 aromatic heterocycles. The fourth-order valence-corrected chi connectivity index (χ4v) is 3.14. The van der Waals surface area contributed by atoms with Crippen molar-refractivity contribution in [3.63, 3.8) is 0 Å². The van der Waals surface area contributed by atoms with Crippen molar-refractivity contribution in [1.82, 2.24) is 14.9 Å². The summed E-state index contributed by atoms with van der Waals surface area (Å²) in [6.07, 6.45) is 0. The van der Waals surface area contributed by atoms with Gasteiger partial charge in [0.1, 0.15) is 12.9 Å². The molecule has 0 radical (unpaired) electrons. The zero-order valence-corrected chi connectivity index (χ0v) is 14.6. The number of benzene rings is 2. The maximum Gasteiger partial charge on any atom is 0.266 e. The molecule has 4 rings (SSSR count). The van der Waals surface area contributed by atoms with Crippen LogP contribution in [0.4, 0.5) is 4.39 Å². The Hall–Kier alpha value is -3.55. The smallest absolute Gasteiger partial charge is 0.266 e. The Balaban J connectivity index is 1.95. The van der Waals surface area contributed by atoms with Crippen LogP contribution in [0, 0.1) is 5.82 Å². The average Bonchev–Trinajstić information content (AvgIpc) is 2.93. The zero-order chi connectivity index (χ0) is 19.1. The van der Waals surface area contributed by atoms with E-state index in [-0.39, 0.29) is 17.3 Å². The fraction of sp³-hybridized carbons (Fsp3) is 0.158. The second-order valence-corrected chi connectivity index (χ2v) is 6.12. The molecule has 136 valence electrons. The molecule has 0 atom stereocenters. The highest BCUT2D eigenvalue weighted by atomic mass is 19.1. The Labute approximate surface area is 153 Å². The maximum absolute atomic E-state index is 13.7. The fourth-order valence-electron chi connectivity index (χ4n) is 3.14. The van der Waals surface area contributed by atoms with Crippen molar-refractivity contribution < 1.29 is 14.0 Å². The first kappa shape index (κ1) is 16.9. The summed E-state index contributed by atoms with van der Waals surface area (Å²) in [5.74, 6) is -0.309. The van der Waals surface area contributed by atoms with E-state index in [0.717, 1.165) is 5.56 Å². The van der Waals surface area contributed by atoms with E-state index in [1.54, 1.807) is 18.2 Å². The second kappa shape index (κ2) is 6.31. The highest BCUT2D eigenvalue weighted by Crippen LogP contribution is 2.28. The van der Waals surface area contributed by atoms with Gasteiger partial charge in [0.25, 0.3) is 5.56 Å². The van der Waals surface area contributed by atoms with E-state index in [1.807, 2.05) is 0 Å². The molecule has 2 heterocycles. The molecule has 1 aliphatic heterocycles. The minimum absolute atomic E-state index is 0.149. The molecule has 0 saturated carbocycles. The van der Waals surface area contributed by atoms with Crippen LogP contribution in [-0.2, 0) is 16.2 Å². The summed E-state index contributed by atoms with van der Waals surface area (Å²) in [4.78, 5) is 33.6. The Morgan fingerprint density at radius 2 is 2.11 bits per heavy atom. The lowest BCUT2D eigenvalue weighted by molar-refractivity contribution is -0.119. The Morgan fingerprint density at radius 3 is 2.85 bits per heavy atom. The minimum Gasteiger partial charge on any atom is -0.399 e. The van der Waals surface area contributed by atoms with Crippen molar-refractivity contribution in [2.24, 2.45) is 5.16 Å². The number of rotatable bonds is 3. The molecule has 0 aliphatic carbocycles. The standard InChI is InChI=1S/C19H15FN4O3/c1-10(25)21-9-11-3-5-13-15(7-11)22-18-17(23-27-2)14-8-12(20)4-6-16(14)24(18)19(13)26/h3-8H,9H2,1-2H3,(H,21,25). The van der Waals surface area contributed by atoms with Gasteiger partial charge in [0, 0.05) is 19.0 Å². The van der Waals surface area contributed by atoms with E-state index in [0.29, 0.717) is 34.4 Å². The summed E-state index contributed by atoms with van der Waals surface area (Å²) < 4.78 is 15.1. The monoisotopic (exact) mass is 366 g/mol. The van der Waals surface area contributed by atoms with Crippen molar-refractivity contribution >= 4 is 22.5 Å². The lowest BCUT2D eigenvalue weighted by atomic mass is 10.1.